The van der Waals surface area contributed by atoms with Crippen LogP contribution in [0.25, 0.3) is 28.0 Å². The van der Waals surface area contributed by atoms with Crippen molar-refractivity contribution in [2.24, 2.45) is 0 Å². The minimum Gasteiger partial charge on any atom is -0.350 e. The Morgan fingerprint density at radius 3 is 2.43 bits per heavy atom. The maximum Gasteiger partial charge on any atom is 0.355 e. The molecule has 0 unspecified atom stereocenters. The summed E-state index contributed by atoms with van der Waals surface area (Å²) in [5, 5.41) is -0.0566. The number of piperazine rings is 1. The van der Waals surface area contributed by atoms with Gasteiger partial charge in [-0.05, 0) is 43.7 Å². The van der Waals surface area contributed by atoms with Crippen molar-refractivity contribution in [2.75, 3.05) is 30.8 Å². The number of sulfone groups is 1. The fraction of sp³-hybridized carbons (Fsp3) is 0.267. The van der Waals surface area contributed by atoms with Crippen LogP contribution in [-0.2, 0) is 14.6 Å². The minimum absolute atomic E-state index is 0.0190. The summed E-state index contributed by atoms with van der Waals surface area (Å²) in [5.41, 5.74) is -3.51. The van der Waals surface area contributed by atoms with E-state index < -0.39 is 56.4 Å². The molecule has 3 heterocycles. The molecule has 0 N–H and O–H groups in total. The molecule has 1 aliphatic heterocycles. The van der Waals surface area contributed by atoms with Crippen molar-refractivity contribution in [3.63, 3.8) is 0 Å². The van der Waals surface area contributed by atoms with Crippen molar-refractivity contribution in [2.45, 2.75) is 31.2 Å². The molecule has 1 amide bonds. The molecule has 0 bridgehead atoms. The second kappa shape index (κ2) is 11.5. The number of carbonyl (C=O) groups is 1. The van der Waals surface area contributed by atoms with E-state index in [2.05, 4.69) is 16.5 Å². The Kier molecular flexibility index (Phi) is 8.05. The normalized spacial score (nSPS) is 15.7. The zero-order valence-corrected chi connectivity index (χ0v) is 24.7. The largest absolute Gasteiger partial charge is 0.355 e. The zero-order chi connectivity index (χ0) is 32.1. The van der Waals surface area contributed by atoms with Crippen LogP contribution < -0.4 is 10.6 Å². The number of rotatable bonds is 6. The highest BCUT2D eigenvalue weighted by Crippen LogP contribution is 2.37. The number of nitrogens with zero attached hydrogens (tertiary/aromatic N) is 5. The highest BCUT2D eigenvalue weighted by atomic mass is 32.2. The van der Waals surface area contributed by atoms with Gasteiger partial charge in [-0.1, -0.05) is 30.8 Å². The predicted octanol–water partition coefficient (Wildman–Crippen LogP) is 4.60. The molecule has 0 saturated carbocycles. The van der Waals surface area contributed by atoms with Gasteiger partial charge in [0.1, 0.15) is 17.3 Å². The fourth-order valence-electron chi connectivity index (χ4n) is 5.49. The van der Waals surface area contributed by atoms with E-state index in [1.807, 2.05) is 0 Å². The molecule has 0 aliphatic carbocycles. The quantitative estimate of drug-likeness (QED) is 0.227. The number of pyridine rings is 1. The first-order valence-corrected chi connectivity index (χ1v) is 15.3. The highest BCUT2D eigenvalue weighted by Gasteiger charge is 2.31. The zero-order valence-electron chi connectivity index (χ0n) is 23.9. The number of hydrogen-bond acceptors (Lipinski definition) is 7. The summed E-state index contributed by atoms with van der Waals surface area (Å²) in [5.74, 6) is -2.65. The van der Waals surface area contributed by atoms with Gasteiger partial charge in [0.25, 0.3) is 6.43 Å². The van der Waals surface area contributed by atoms with Crippen LogP contribution in [0.5, 0.6) is 0 Å². The van der Waals surface area contributed by atoms with E-state index in [1.54, 1.807) is 29.7 Å². The fourth-order valence-corrected chi connectivity index (χ4v) is 6.42. The van der Waals surface area contributed by atoms with E-state index in [1.165, 1.54) is 18.2 Å². The van der Waals surface area contributed by atoms with Crippen LogP contribution >= 0.6 is 0 Å². The van der Waals surface area contributed by atoms with Crippen molar-refractivity contribution in [3.05, 3.63) is 88.4 Å². The van der Waals surface area contributed by atoms with E-state index in [-0.39, 0.29) is 53.0 Å². The third-order valence-corrected chi connectivity index (χ3v) is 8.66. The standard InChI is InChI=1S/C30H27F4N5O4S/c1-5-23(40)37-12-13-38(17(3)15-37)28-19-14-21(32)25(24-18(27(33)34)9-7-10-20(24)31)35-29(19)39(30(41)36-28)26-16(2)8-6-11-22(26)44(4,42)43/h5-11,14,17,27H,1,12-13,15H2,2-4H3/t17-/m0/s1. The molecule has 1 saturated heterocycles. The molecule has 5 rings (SSSR count). The average molecular weight is 630 g/mol. The van der Waals surface area contributed by atoms with E-state index in [4.69, 9.17) is 0 Å². The summed E-state index contributed by atoms with van der Waals surface area (Å²) in [6.07, 6.45) is -1.06. The van der Waals surface area contributed by atoms with Crippen LogP contribution in [0, 0.1) is 18.6 Å². The molecule has 1 atom stereocenters. The number of para-hydroxylation sites is 1. The number of fused-ring (bicyclic) bond motifs is 1. The van der Waals surface area contributed by atoms with Crippen LogP contribution in [0.1, 0.15) is 24.5 Å². The Labute approximate surface area is 250 Å². The molecule has 4 aromatic rings. The number of anilines is 1. The maximum atomic E-state index is 15.9. The number of halogens is 4. The Hall–Kier alpha value is -4.59. The minimum atomic E-state index is -3.95. The lowest BCUT2D eigenvalue weighted by Gasteiger charge is -2.40. The molecule has 0 radical (unpaired) electrons. The van der Waals surface area contributed by atoms with Crippen molar-refractivity contribution in [3.8, 4) is 16.9 Å². The summed E-state index contributed by atoms with van der Waals surface area (Å²) in [4.78, 5) is 37.5. The van der Waals surface area contributed by atoms with Gasteiger partial charge in [-0.25, -0.2) is 40.3 Å². The first-order valence-electron chi connectivity index (χ1n) is 13.4. The molecule has 2 aromatic carbocycles. The van der Waals surface area contributed by atoms with Crippen LogP contribution in [0.4, 0.5) is 23.4 Å². The van der Waals surface area contributed by atoms with Gasteiger partial charge in [-0.2, -0.15) is 4.98 Å². The average Bonchev–Trinajstić information content (AvgIpc) is 2.96. The molecule has 14 heteroatoms. The Balaban J connectivity index is 1.88. The van der Waals surface area contributed by atoms with Crippen molar-refractivity contribution in [1.82, 2.24) is 19.4 Å². The topological polar surface area (TPSA) is 105 Å². The van der Waals surface area contributed by atoms with E-state index in [0.717, 1.165) is 35.1 Å². The lowest BCUT2D eigenvalue weighted by atomic mass is 10.0. The van der Waals surface area contributed by atoms with Crippen LogP contribution in [0.15, 0.2) is 64.8 Å². The van der Waals surface area contributed by atoms with Gasteiger partial charge < -0.3 is 9.80 Å². The van der Waals surface area contributed by atoms with Gasteiger partial charge in [0.15, 0.2) is 21.3 Å². The summed E-state index contributed by atoms with van der Waals surface area (Å²) in [6, 6.07) is 7.67. The molecule has 44 heavy (non-hydrogen) atoms. The van der Waals surface area contributed by atoms with Gasteiger partial charge in [0.2, 0.25) is 5.91 Å². The lowest BCUT2D eigenvalue weighted by Crippen LogP contribution is -2.54. The smallest absolute Gasteiger partial charge is 0.350 e. The van der Waals surface area contributed by atoms with Gasteiger partial charge >= 0.3 is 5.69 Å². The number of aromatic nitrogens is 3. The Morgan fingerprint density at radius 2 is 1.80 bits per heavy atom. The number of aryl methyl sites for hydroxylation is 1. The van der Waals surface area contributed by atoms with Crippen molar-refractivity contribution >= 4 is 32.6 Å². The molecule has 2 aromatic heterocycles. The molecule has 230 valence electrons. The van der Waals surface area contributed by atoms with Crippen LogP contribution in [-0.4, -0.2) is 65.7 Å². The monoisotopic (exact) mass is 629 g/mol. The Bertz CT molecular complexity index is 2000. The summed E-state index contributed by atoms with van der Waals surface area (Å²) in [7, 11) is -3.95. The third kappa shape index (κ3) is 5.34. The van der Waals surface area contributed by atoms with Gasteiger partial charge in [-0.15, -0.1) is 0 Å². The number of amides is 1. The van der Waals surface area contributed by atoms with Gasteiger partial charge in [0.05, 0.1) is 16.0 Å². The second-order valence-corrected chi connectivity index (χ2v) is 12.5. The number of alkyl halides is 2. The predicted molar refractivity (Wildman–Crippen MR) is 157 cm³/mol. The number of hydrogen-bond donors (Lipinski definition) is 0. The molecule has 1 aliphatic rings. The number of carbonyl (C=O) groups excluding carboxylic acids is 1. The number of benzene rings is 2. The van der Waals surface area contributed by atoms with E-state index in [0.29, 0.717) is 5.56 Å². The van der Waals surface area contributed by atoms with E-state index in [9.17, 15) is 26.8 Å². The van der Waals surface area contributed by atoms with Crippen molar-refractivity contribution in [1.29, 1.82) is 0 Å². The van der Waals surface area contributed by atoms with E-state index >= 15 is 8.78 Å². The molecule has 9 nitrogen and oxygen atoms in total. The third-order valence-electron chi connectivity index (χ3n) is 7.53. The molecule has 0 spiro atoms. The first kappa shape index (κ1) is 30.9. The highest BCUT2D eigenvalue weighted by molar-refractivity contribution is 7.90. The second-order valence-electron chi connectivity index (χ2n) is 10.5. The SMILES string of the molecule is C=CC(=O)N1CCN(c2nc(=O)n(-c3c(C)cccc3S(C)(=O)=O)c3nc(-c4c(F)cccc4C(F)F)c(F)cc23)[C@@H](C)C1. The lowest BCUT2D eigenvalue weighted by molar-refractivity contribution is -0.126. The summed E-state index contributed by atoms with van der Waals surface area (Å²) >= 11 is 0. The Morgan fingerprint density at radius 1 is 1.09 bits per heavy atom. The summed E-state index contributed by atoms with van der Waals surface area (Å²) in [6.45, 7) is 7.42. The van der Waals surface area contributed by atoms with Crippen molar-refractivity contribution < 1.29 is 30.8 Å². The van der Waals surface area contributed by atoms with Gasteiger partial charge in [0, 0.05) is 43.1 Å². The molecular weight excluding hydrogens is 602 g/mol. The molecular formula is C30H27F4N5O4S. The summed E-state index contributed by atoms with van der Waals surface area (Å²) < 4.78 is 85.4. The van der Waals surface area contributed by atoms with Crippen LogP contribution in [0.3, 0.4) is 0 Å². The van der Waals surface area contributed by atoms with Crippen LogP contribution in [0.2, 0.25) is 0 Å². The first-order chi connectivity index (χ1) is 20.7. The maximum absolute atomic E-state index is 15.9. The molecule has 1 fully saturated rings. The van der Waals surface area contributed by atoms with Gasteiger partial charge in [-0.3, -0.25) is 4.79 Å².